The van der Waals surface area contributed by atoms with Crippen LogP contribution < -0.4 is 5.73 Å². The number of nitrogens with two attached hydrogens (primary N) is 1. The number of pyridine rings is 1. The van der Waals surface area contributed by atoms with Crippen LogP contribution in [-0.2, 0) is 4.79 Å². The van der Waals surface area contributed by atoms with E-state index in [0.717, 1.165) is 0 Å². The maximum Gasteiger partial charge on any atom is 0.335 e. The fraction of sp³-hybridized carbons (Fsp3) is 0.250. The molecule has 0 fully saturated rings. The normalized spacial score (nSPS) is 14.7. The molecular formula is C8H10N2O4. The Balaban J connectivity index is 2.89. The molecule has 1 aromatic heterocycles. The molecule has 76 valence electrons. The zero-order chi connectivity index (χ0) is 10.7. The second-order valence-corrected chi connectivity index (χ2v) is 2.74. The smallest absolute Gasteiger partial charge is 0.335 e. The number of carboxylic acid groups (broad SMARTS) is 1. The van der Waals surface area contributed by atoms with Gasteiger partial charge in [0.2, 0.25) is 0 Å². The Kier molecular flexibility index (Phi) is 3.00. The van der Waals surface area contributed by atoms with Crippen LogP contribution in [0.4, 0.5) is 5.82 Å². The predicted molar refractivity (Wildman–Crippen MR) is 47.3 cm³/mol. The molecule has 0 aliphatic rings. The van der Waals surface area contributed by atoms with E-state index in [0.29, 0.717) is 0 Å². The van der Waals surface area contributed by atoms with Crippen molar-refractivity contribution in [2.75, 3.05) is 5.73 Å². The van der Waals surface area contributed by atoms with Gasteiger partial charge in [-0.2, -0.15) is 0 Å². The first kappa shape index (κ1) is 10.4. The van der Waals surface area contributed by atoms with Crippen LogP contribution in [0.3, 0.4) is 0 Å². The number of nitrogens with zero attached hydrogens (tertiary/aromatic N) is 1. The van der Waals surface area contributed by atoms with Gasteiger partial charge in [0.1, 0.15) is 11.9 Å². The lowest BCUT2D eigenvalue weighted by molar-refractivity contribution is -0.153. The SMILES string of the molecule is Nc1cc(C(O)C(O)C(=O)O)ccn1. The molecule has 5 N–H and O–H groups in total. The van der Waals surface area contributed by atoms with Crippen molar-refractivity contribution in [1.82, 2.24) is 4.98 Å². The molecule has 0 aliphatic carbocycles. The highest BCUT2D eigenvalue weighted by Gasteiger charge is 2.25. The summed E-state index contributed by atoms with van der Waals surface area (Å²) in [7, 11) is 0. The molecule has 0 aromatic carbocycles. The molecular weight excluding hydrogens is 188 g/mol. The number of aromatic nitrogens is 1. The molecule has 0 bridgehead atoms. The highest BCUT2D eigenvalue weighted by atomic mass is 16.4. The van der Waals surface area contributed by atoms with Crippen molar-refractivity contribution in [3.05, 3.63) is 23.9 Å². The van der Waals surface area contributed by atoms with Crippen molar-refractivity contribution in [2.45, 2.75) is 12.2 Å². The predicted octanol–water partition coefficient (Wildman–Crippen LogP) is -0.857. The number of hydrogen-bond donors (Lipinski definition) is 4. The van der Waals surface area contributed by atoms with Crippen LogP contribution >= 0.6 is 0 Å². The van der Waals surface area contributed by atoms with Crippen molar-refractivity contribution in [2.24, 2.45) is 0 Å². The van der Waals surface area contributed by atoms with Crippen LogP contribution in [0.5, 0.6) is 0 Å². The van der Waals surface area contributed by atoms with Gasteiger partial charge in [0.25, 0.3) is 0 Å². The average molecular weight is 198 g/mol. The maximum atomic E-state index is 10.3. The number of aliphatic hydroxyl groups excluding tert-OH is 2. The molecule has 0 saturated heterocycles. The first-order chi connectivity index (χ1) is 6.52. The van der Waals surface area contributed by atoms with Gasteiger partial charge in [-0.05, 0) is 17.7 Å². The summed E-state index contributed by atoms with van der Waals surface area (Å²) in [4.78, 5) is 14.0. The Bertz CT molecular complexity index is 342. The Labute approximate surface area is 79.6 Å². The van der Waals surface area contributed by atoms with Gasteiger partial charge in [-0.15, -0.1) is 0 Å². The van der Waals surface area contributed by atoms with Crippen LogP contribution in [0.25, 0.3) is 0 Å². The number of carboxylic acids is 1. The zero-order valence-electron chi connectivity index (χ0n) is 7.16. The quantitative estimate of drug-likeness (QED) is 0.502. The fourth-order valence-electron chi connectivity index (χ4n) is 0.967. The van der Waals surface area contributed by atoms with Crippen molar-refractivity contribution in [3.63, 3.8) is 0 Å². The molecule has 1 rings (SSSR count). The average Bonchev–Trinajstić information content (AvgIpc) is 2.15. The lowest BCUT2D eigenvalue weighted by atomic mass is 10.1. The van der Waals surface area contributed by atoms with Crippen LogP contribution in [0.15, 0.2) is 18.3 Å². The Morgan fingerprint density at radius 3 is 2.64 bits per heavy atom. The summed E-state index contributed by atoms with van der Waals surface area (Å²) >= 11 is 0. The van der Waals surface area contributed by atoms with E-state index in [1.54, 1.807) is 0 Å². The third-order valence-corrected chi connectivity index (χ3v) is 1.70. The van der Waals surface area contributed by atoms with Gasteiger partial charge in [-0.1, -0.05) is 0 Å². The minimum Gasteiger partial charge on any atom is -0.479 e. The highest BCUT2D eigenvalue weighted by Crippen LogP contribution is 2.17. The van der Waals surface area contributed by atoms with Gasteiger partial charge in [-0.25, -0.2) is 9.78 Å². The number of anilines is 1. The van der Waals surface area contributed by atoms with E-state index >= 15 is 0 Å². The Hall–Kier alpha value is -1.66. The second kappa shape index (κ2) is 4.03. The zero-order valence-corrected chi connectivity index (χ0v) is 7.16. The van der Waals surface area contributed by atoms with E-state index in [9.17, 15) is 9.90 Å². The van der Waals surface area contributed by atoms with Crippen LogP contribution in [0.1, 0.15) is 11.7 Å². The van der Waals surface area contributed by atoms with E-state index in [1.165, 1.54) is 18.3 Å². The van der Waals surface area contributed by atoms with Gasteiger partial charge in [0, 0.05) is 6.20 Å². The van der Waals surface area contributed by atoms with Gasteiger partial charge in [0.15, 0.2) is 6.10 Å². The summed E-state index contributed by atoms with van der Waals surface area (Å²) in [6.45, 7) is 0. The minimum absolute atomic E-state index is 0.152. The topological polar surface area (TPSA) is 117 Å². The summed E-state index contributed by atoms with van der Waals surface area (Å²) < 4.78 is 0. The van der Waals surface area contributed by atoms with Crippen LogP contribution in [0, 0.1) is 0 Å². The monoisotopic (exact) mass is 198 g/mol. The second-order valence-electron chi connectivity index (χ2n) is 2.74. The van der Waals surface area contributed by atoms with E-state index < -0.39 is 18.2 Å². The summed E-state index contributed by atoms with van der Waals surface area (Å²) in [5.41, 5.74) is 5.54. The van der Waals surface area contributed by atoms with Gasteiger partial charge in [-0.3, -0.25) is 0 Å². The van der Waals surface area contributed by atoms with E-state index in [-0.39, 0.29) is 11.4 Å². The first-order valence-electron chi connectivity index (χ1n) is 3.82. The lowest BCUT2D eigenvalue weighted by Crippen LogP contribution is -2.27. The summed E-state index contributed by atoms with van der Waals surface area (Å²) in [6.07, 6.45) is -2.04. The molecule has 0 radical (unpaired) electrons. The number of aliphatic carboxylic acids is 1. The molecule has 2 unspecified atom stereocenters. The van der Waals surface area contributed by atoms with Gasteiger partial charge < -0.3 is 21.1 Å². The van der Waals surface area contributed by atoms with Gasteiger partial charge >= 0.3 is 5.97 Å². The van der Waals surface area contributed by atoms with E-state index in [1.807, 2.05) is 0 Å². The number of nitrogen functional groups attached to an aromatic ring is 1. The Morgan fingerprint density at radius 2 is 2.14 bits per heavy atom. The van der Waals surface area contributed by atoms with Crippen molar-refractivity contribution in [3.8, 4) is 0 Å². The number of hydrogen-bond acceptors (Lipinski definition) is 5. The van der Waals surface area contributed by atoms with Crippen LogP contribution in [0.2, 0.25) is 0 Å². The van der Waals surface area contributed by atoms with E-state index in [4.69, 9.17) is 15.9 Å². The largest absolute Gasteiger partial charge is 0.479 e. The molecule has 2 atom stereocenters. The third-order valence-electron chi connectivity index (χ3n) is 1.70. The molecule has 6 nitrogen and oxygen atoms in total. The molecule has 0 spiro atoms. The van der Waals surface area contributed by atoms with Crippen molar-refractivity contribution in [1.29, 1.82) is 0 Å². The molecule has 0 saturated carbocycles. The van der Waals surface area contributed by atoms with Gasteiger partial charge in [0.05, 0.1) is 0 Å². The summed E-state index contributed by atoms with van der Waals surface area (Å²) in [5, 5.41) is 26.8. The molecule has 0 aliphatic heterocycles. The number of rotatable bonds is 3. The fourth-order valence-corrected chi connectivity index (χ4v) is 0.967. The summed E-state index contributed by atoms with van der Waals surface area (Å²) in [5.74, 6) is -1.34. The standard InChI is InChI=1S/C8H10N2O4/c9-5-3-4(1-2-10-5)6(11)7(12)8(13)14/h1-3,6-7,11-12H,(H2,9,10)(H,13,14). The highest BCUT2D eigenvalue weighted by molar-refractivity contribution is 5.73. The number of aliphatic hydroxyl groups is 2. The molecule has 1 heterocycles. The number of carbonyl (C=O) groups is 1. The molecule has 1 aromatic rings. The van der Waals surface area contributed by atoms with E-state index in [2.05, 4.69) is 4.98 Å². The molecule has 0 amide bonds. The summed E-state index contributed by atoms with van der Waals surface area (Å²) in [6, 6.07) is 2.68. The molecule has 14 heavy (non-hydrogen) atoms. The first-order valence-corrected chi connectivity index (χ1v) is 3.82. The van der Waals surface area contributed by atoms with Crippen molar-refractivity contribution >= 4 is 11.8 Å². The Morgan fingerprint density at radius 1 is 1.50 bits per heavy atom. The van der Waals surface area contributed by atoms with Crippen molar-refractivity contribution < 1.29 is 20.1 Å². The minimum atomic E-state index is -1.86. The lowest BCUT2D eigenvalue weighted by Gasteiger charge is -2.13. The third kappa shape index (κ3) is 2.18. The molecule has 6 heteroatoms. The van der Waals surface area contributed by atoms with Crippen LogP contribution in [-0.4, -0.2) is 32.4 Å². The maximum absolute atomic E-state index is 10.3.